The van der Waals surface area contributed by atoms with Crippen molar-refractivity contribution < 1.29 is 4.74 Å². The molecule has 0 amide bonds. The highest BCUT2D eigenvalue weighted by atomic mass is 35.5. The van der Waals surface area contributed by atoms with Crippen molar-refractivity contribution >= 4 is 51.4 Å². The van der Waals surface area contributed by atoms with Gasteiger partial charge in [0.2, 0.25) is 11.8 Å². The fraction of sp³-hybridized carbons (Fsp3) is 0.0370. The number of aryl methyl sites for hydroxylation is 1. The minimum atomic E-state index is -0.270. The van der Waals surface area contributed by atoms with E-state index in [-0.39, 0.29) is 5.56 Å². The third-order valence-corrected chi connectivity index (χ3v) is 6.50. The Hall–Kier alpha value is -4.40. The number of hydrogen-bond donors (Lipinski definition) is 1. The Morgan fingerprint density at radius 2 is 1.78 bits per heavy atom. The largest absolute Gasteiger partial charge is 0.437 e. The number of fused-ring (bicyclic) bond motifs is 2. The second-order valence-electron chi connectivity index (χ2n) is 8.31. The lowest BCUT2D eigenvalue weighted by Crippen LogP contribution is -2.20. The van der Waals surface area contributed by atoms with Gasteiger partial charge >= 0.3 is 0 Å². The van der Waals surface area contributed by atoms with Gasteiger partial charge in [0.05, 0.1) is 33.7 Å². The lowest BCUT2D eigenvalue weighted by molar-refractivity contribution is 0.463. The number of benzene rings is 1. The minimum Gasteiger partial charge on any atom is -0.437 e. The lowest BCUT2D eigenvalue weighted by Gasteiger charge is -2.12. The zero-order chi connectivity index (χ0) is 25.5. The lowest BCUT2D eigenvalue weighted by atomic mass is 10.1. The smallest absolute Gasteiger partial charge is 0.259 e. The number of rotatable bonds is 5. The second kappa shape index (κ2) is 9.24. The van der Waals surface area contributed by atoms with Gasteiger partial charge in [-0.1, -0.05) is 35.3 Å². The quantitative estimate of drug-likeness (QED) is 0.275. The van der Waals surface area contributed by atoms with Crippen molar-refractivity contribution in [3.05, 3.63) is 106 Å². The number of aromatic nitrogens is 5. The molecule has 37 heavy (non-hydrogen) atoms. The van der Waals surface area contributed by atoms with E-state index in [2.05, 4.69) is 20.3 Å². The standard InChI is InChI=1S/C27H18Cl2N6O2/c1-34-25-16(11-20(26(34)36)24-21(28)6-4-7-22(24)29)13-31-27(33-25)32-17-8-9-23(30-14-17)37-19-12-18-5-2-3-10-35(18)15-19/h2-15H,1H3,(H,31,32,33). The monoisotopic (exact) mass is 528 g/mol. The average molecular weight is 529 g/mol. The molecule has 10 heteroatoms. The highest BCUT2D eigenvalue weighted by Gasteiger charge is 2.16. The maximum atomic E-state index is 13.1. The number of halogens is 2. The summed E-state index contributed by atoms with van der Waals surface area (Å²) >= 11 is 12.7. The summed E-state index contributed by atoms with van der Waals surface area (Å²) in [5.41, 5.74) is 2.75. The van der Waals surface area contributed by atoms with E-state index in [4.69, 9.17) is 27.9 Å². The van der Waals surface area contributed by atoms with Crippen LogP contribution in [0.5, 0.6) is 11.6 Å². The van der Waals surface area contributed by atoms with E-state index in [1.54, 1.807) is 49.8 Å². The number of anilines is 2. The number of nitrogens with one attached hydrogen (secondary N) is 1. The molecule has 0 bridgehead atoms. The maximum absolute atomic E-state index is 13.1. The average Bonchev–Trinajstić information content (AvgIpc) is 3.30. The highest BCUT2D eigenvalue weighted by Crippen LogP contribution is 2.34. The van der Waals surface area contributed by atoms with Crippen LogP contribution in [0.25, 0.3) is 27.7 Å². The summed E-state index contributed by atoms with van der Waals surface area (Å²) in [4.78, 5) is 26.4. The van der Waals surface area contributed by atoms with E-state index in [1.165, 1.54) is 4.57 Å². The molecule has 5 heterocycles. The SMILES string of the molecule is Cn1c(=O)c(-c2c(Cl)cccc2Cl)cc2cnc(Nc3ccc(Oc4cc5ccccn5c4)nc3)nc21. The van der Waals surface area contributed by atoms with Crippen LogP contribution in [-0.2, 0) is 7.05 Å². The summed E-state index contributed by atoms with van der Waals surface area (Å²) in [5.74, 6) is 1.46. The van der Waals surface area contributed by atoms with E-state index < -0.39 is 0 Å². The van der Waals surface area contributed by atoms with Crippen LogP contribution in [-0.4, -0.2) is 23.9 Å². The zero-order valence-electron chi connectivity index (χ0n) is 19.4. The van der Waals surface area contributed by atoms with E-state index >= 15 is 0 Å². The highest BCUT2D eigenvalue weighted by molar-refractivity contribution is 6.39. The Morgan fingerprint density at radius 1 is 0.946 bits per heavy atom. The number of ether oxygens (including phenoxy) is 1. The molecule has 0 saturated heterocycles. The maximum Gasteiger partial charge on any atom is 0.259 e. The molecule has 0 radical (unpaired) electrons. The molecule has 0 saturated carbocycles. The molecule has 8 nitrogen and oxygen atoms in total. The Balaban J connectivity index is 1.25. The molecular formula is C27H18Cl2N6O2. The predicted octanol–water partition coefficient (Wildman–Crippen LogP) is 6.49. The third-order valence-electron chi connectivity index (χ3n) is 5.87. The van der Waals surface area contributed by atoms with Crippen LogP contribution in [0, 0.1) is 0 Å². The topological polar surface area (TPSA) is 86.3 Å². The fourth-order valence-corrected chi connectivity index (χ4v) is 4.69. The first-order valence-corrected chi connectivity index (χ1v) is 12.0. The Morgan fingerprint density at radius 3 is 2.54 bits per heavy atom. The normalized spacial score (nSPS) is 11.2. The molecule has 0 unspecified atom stereocenters. The van der Waals surface area contributed by atoms with Gasteiger partial charge in [-0.25, -0.2) is 9.97 Å². The van der Waals surface area contributed by atoms with E-state index in [9.17, 15) is 4.79 Å². The van der Waals surface area contributed by atoms with E-state index in [0.29, 0.717) is 55.5 Å². The Kier molecular flexibility index (Phi) is 5.75. The van der Waals surface area contributed by atoms with Gasteiger partial charge in [-0.05, 0) is 36.4 Å². The summed E-state index contributed by atoms with van der Waals surface area (Å²) in [6, 6.07) is 18.3. The van der Waals surface area contributed by atoms with Gasteiger partial charge in [-0.15, -0.1) is 0 Å². The van der Waals surface area contributed by atoms with Crippen molar-refractivity contribution in [3.8, 4) is 22.8 Å². The molecule has 1 N–H and O–H groups in total. The summed E-state index contributed by atoms with van der Waals surface area (Å²) in [7, 11) is 1.65. The predicted molar refractivity (Wildman–Crippen MR) is 145 cm³/mol. The first-order valence-electron chi connectivity index (χ1n) is 11.2. The number of hydrogen-bond acceptors (Lipinski definition) is 6. The van der Waals surface area contributed by atoms with Crippen LogP contribution in [0.4, 0.5) is 11.6 Å². The first kappa shape index (κ1) is 23.0. The Bertz CT molecular complexity index is 1790. The number of pyridine rings is 3. The summed E-state index contributed by atoms with van der Waals surface area (Å²) in [6.45, 7) is 0. The third kappa shape index (κ3) is 4.37. The molecule has 0 atom stereocenters. The van der Waals surface area contributed by atoms with E-state index in [0.717, 1.165) is 5.52 Å². The van der Waals surface area contributed by atoms with Gasteiger partial charge in [0.15, 0.2) is 0 Å². The van der Waals surface area contributed by atoms with Crippen LogP contribution in [0.15, 0.2) is 90.2 Å². The van der Waals surface area contributed by atoms with Crippen molar-refractivity contribution in [2.75, 3.05) is 5.32 Å². The second-order valence-corrected chi connectivity index (χ2v) is 9.13. The fourth-order valence-electron chi connectivity index (χ4n) is 4.09. The van der Waals surface area contributed by atoms with Gasteiger partial charge in [0.1, 0.15) is 11.4 Å². The van der Waals surface area contributed by atoms with Gasteiger partial charge < -0.3 is 14.5 Å². The van der Waals surface area contributed by atoms with Crippen molar-refractivity contribution in [1.82, 2.24) is 23.9 Å². The molecule has 6 aromatic rings. The van der Waals surface area contributed by atoms with Crippen molar-refractivity contribution in [2.24, 2.45) is 7.05 Å². The van der Waals surface area contributed by atoms with Crippen LogP contribution in [0.3, 0.4) is 0 Å². The minimum absolute atomic E-state index is 0.270. The van der Waals surface area contributed by atoms with Crippen LogP contribution in [0.2, 0.25) is 10.0 Å². The number of nitrogens with zero attached hydrogens (tertiary/aromatic N) is 5. The molecule has 0 spiro atoms. The van der Waals surface area contributed by atoms with Gasteiger partial charge in [-0.3, -0.25) is 9.36 Å². The summed E-state index contributed by atoms with van der Waals surface area (Å²) in [6.07, 6.45) is 7.11. The van der Waals surface area contributed by atoms with Crippen molar-refractivity contribution in [1.29, 1.82) is 0 Å². The molecule has 182 valence electrons. The van der Waals surface area contributed by atoms with Crippen molar-refractivity contribution in [2.45, 2.75) is 0 Å². The van der Waals surface area contributed by atoms with Crippen molar-refractivity contribution in [3.63, 3.8) is 0 Å². The molecule has 0 aliphatic carbocycles. The van der Waals surface area contributed by atoms with Gasteiger partial charge in [0, 0.05) is 48.0 Å². The summed E-state index contributed by atoms with van der Waals surface area (Å²) in [5, 5.41) is 4.58. The Labute approximate surface area is 220 Å². The van der Waals surface area contributed by atoms with Crippen LogP contribution >= 0.6 is 23.2 Å². The van der Waals surface area contributed by atoms with Gasteiger partial charge in [0.25, 0.3) is 5.56 Å². The molecule has 1 aromatic carbocycles. The molecule has 6 rings (SSSR count). The van der Waals surface area contributed by atoms with Gasteiger partial charge in [-0.2, -0.15) is 4.98 Å². The molecular weight excluding hydrogens is 511 g/mol. The zero-order valence-corrected chi connectivity index (χ0v) is 20.9. The van der Waals surface area contributed by atoms with Crippen LogP contribution < -0.4 is 15.6 Å². The molecule has 5 aromatic heterocycles. The first-order chi connectivity index (χ1) is 18.0. The van der Waals surface area contributed by atoms with E-state index in [1.807, 2.05) is 47.1 Å². The molecule has 0 aliphatic heterocycles. The molecule has 0 fully saturated rings. The summed E-state index contributed by atoms with van der Waals surface area (Å²) < 4.78 is 9.30. The van der Waals surface area contributed by atoms with Crippen LogP contribution in [0.1, 0.15) is 0 Å². The molecule has 0 aliphatic rings.